The van der Waals surface area contributed by atoms with E-state index in [9.17, 15) is 14.9 Å². The zero-order valence-corrected chi connectivity index (χ0v) is 15.6. The van der Waals surface area contributed by atoms with E-state index in [1.54, 1.807) is 24.3 Å². The topological polar surface area (TPSA) is 98.1 Å². The van der Waals surface area contributed by atoms with Crippen molar-refractivity contribution in [3.8, 4) is 11.8 Å². The number of halogens is 2. The van der Waals surface area contributed by atoms with Crippen molar-refractivity contribution in [2.45, 2.75) is 13.8 Å². The highest BCUT2D eigenvalue weighted by atomic mass is 35.5. The summed E-state index contributed by atoms with van der Waals surface area (Å²) < 4.78 is 6.54. The fraction of sp³-hybridized carbons (Fsp3) is 0.167. The summed E-state index contributed by atoms with van der Waals surface area (Å²) in [6, 6.07) is 8.84. The molecule has 1 heterocycles. The van der Waals surface area contributed by atoms with E-state index in [-0.39, 0.29) is 5.57 Å². The molecule has 8 heteroatoms. The van der Waals surface area contributed by atoms with Crippen molar-refractivity contribution < 1.29 is 14.3 Å². The lowest BCUT2D eigenvalue weighted by molar-refractivity contribution is -0.143. The Labute approximate surface area is 160 Å². The van der Waals surface area contributed by atoms with Crippen molar-refractivity contribution in [3.05, 3.63) is 56.8 Å². The minimum Gasteiger partial charge on any atom is -0.451 e. The third-order valence-corrected chi connectivity index (χ3v) is 4.44. The second kappa shape index (κ2) is 8.09. The molecule has 0 saturated heterocycles. The van der Waals surface area contributed by atoms with Gasteiger partial charge in [-0.25, -0.2) is 4.79 Å². The second-order valence-corrected chi connectivity index (χ2v) is 6.23. The first-order chi connectivity index (χ1) is 12.3. The number of benzene rings is 1. The Morgan fingerprint density at radius 2 is 2.04 bits per heavy atom. The molecule has 0 bridgehead atoms. The van der Waals surface area contributed by atoms with Gasteiger partial charge in [-0.2, -0.15) is 5.26 Å². The molecule has 0 aliphatic rings. The van der Waals surface area contributed by atoms with Crippen molar-refractivity contribution in [1.82, 2.24) is 4.57 Å². The number of nitrogens with zero attached hydrogens (tertiary/aromatic N) is 2. The lowest BCUT2D eigenvalue weighted by Crippen LogP contribution is -2.21. The second-order valence-electron chi connectivity index (χ2n) is 5.45. The van der Waals surface area contributed by atoms with E-state index in [1.807, 2.05) is 24.5 Å². The van der Waals surface area contributed by atoms with Gasteiger partial charge in [0.25, 0.3) is 5.91 Å². The Morgan fingerprint density at radius 1 is 1.35 bits per heavy atom. The van der Waals surface area contributed by atoms with Gasteiger partial charge in [0.1, 0.15) is 11.6 Å². The van der Waals surface area contributed by atoms with Crippen LogP contribution in [0.5, 0.6) is 0 Å². The van der Waals surface area contributed by atoms with E-state index >= 15 is 0 Å². The third-order valence-electron chi connectivity index (χ3n) is 3.63. The summed E-state index contributed by atoms with van der Waals surface area (Å²) in [5.74, 6) is -1.72. The zero-order valence-electron chi connectivity index (χ0n) is 14.0. The number of hydrogen-bond acceptors (Lipinski definition) is 4. The number of carbonyl (C=O) groups is 2. The van der Waals surface area contributed by atoms with Crippen LogP contribution in [0, 0.1) is 25.2 Å². The summed E-state index contributed by atoms with van der Waals surface area (Å²) in [6.07, 6.45) is 1.39. The van der Waals surface area contributed by atoms with Gasteiger partial charge < -0.3 is 15.0 Å². The van der Waals surface area contributed by atoms with Crippen LogP contribution >= 0.6 is 23.2 Å². The highest BCUT2D eigenvalue weighted by Crippen LogP contribution is 2.32. The Kier molecular flexibility index (Phi) is 6.09. The van der Waals surface area contributed by atoms with Gasteiger partial charge in [-0.05, 0) is 43.7 Å². The van der Waals surface area contributed by atoms with E-state index < -0.39 is 18.5 Å². The lowest BCUT2D eigenvalue weighted by atomic mass is 10.1. The Morgan fingerprint density at radius 3 is 2.65 bits per heavy atom. The van der Waals surface area contributed by atoms with Crippen LogP contribution in [-0.4, -0.2) is 23.1 Å². The van der Waals surface area contributed by atoms with E-state index in [1.165, 1.54) is 6.08 Å². The number of aryl methyl sites for hydroxylation is 1. The molecule has 0 radical (unpaired) electrons. The van der Waals surface area contributed by atoms with E-state index in [4.69, 9.17) is 28.9 Å². The van der Waals surface area contributed by atoms with Gasteiger partial charge in [0, 0.05) is 11.4 Å². The van der Waals surface area contributed by atoms with E-state index in [2.05, 4.69) is 4.74 Å². The van der Waals surface area contributed by atoms with Gasteiger partial charge in [0.05, 0.1) is 15.7 Å². The van der Waals surface area contributed by atoms with Crippen LogP contribution in [0.3, 0.4) is 0 Å². The summed E-state index contributed by atoms with van der Waals surface area (Å²) in [4.78, 5) is 22.6. The summed E-state index contributed by atoms with van der Waals surface area (Å²) in [7, 11) is 0. The maximum atomic E-state index is 11.9. The molecule has 1 aromatic heterocycles. The maximum Gasteiger partial charge on any atom is 0.349 e. The van der Waals surface area contributed by atoms with Crippen molar-refractivity contribution in [3.63, 3.8) is 0 Å². The highest BCUT2D eigenvalue weighted by molar-refractivity contribution is 6.43. The predicted molar refractivity (Wildman–Crippen MR) is 99.0 cm³/mol. The zero-order chi connectivity index (χ0) is 19.4. The Balaban J connectivity index is 2.46. The molecular formula is C18H15Cl2N3O3. The van der Waals surface area contributed by atoms with E-state index in [0.29, 0.717) is 21.3 Å². The number of nitriles is 1. The van der Waals surface area contributed by atoms with Crippen LogP contribution < -0.4 is 5.73 Å². The van der Waals surface area contributed by atoms with Gasteiger partial charge in [-0.15, -0.1) is 0 Å². The fourth-order valence-corrected chi connectivity index (χ4v) is 2.86. The van der Waals surface area contributed by atoms with Crippen LogP contribution in [0.15, 0.2) is 29.8 Å². The van der Waals surface area contributed by atoms with Crippen LogP contribution in [-0.2, 0) is 14.3 Å². The van der Waals surface area contributed by atoms with Crippen molar-refractivity contribution in [2.75, 3.05) is 6.61 Å². The summed E-state index contributed by atoms with van der Waals surface area (Å²) in [6.45, 7) is 3.09. The van der Waals surface area contributed by atoms with Gasteiger partial charge in [0.2, 0.25) is 0 Å². The van der Waals surface area contributed by atoms with Crippen molar-refractivity contribution >= 4 is 41.2 Å². The molecule has 0 spiro atoms. The fourth-order valence-electron chi connectivity index (χ4n) is 2.48. The number of aromatic nitrogens is 1. The monoisotopic (exact) mass is 391 g/mol. The number of ether oxygens (including phenoxy) is 1. The van der Waals surface area contributed by atoms with Gasteiger partial charge in [0.15, 0.2) is 6.61 Å². The van der Waals surface area contributed by atoms with E-state index in [0.717, 1.165) is 11.4 Å². The van der Waals surface area contributed by atoms with Gasteiger partial charge >= 0.3 is 5.97 Å². The normalized spacial score (nSPS) is 11.1. The number of esters is 1. The maximum absolute atomic E-state index is 11.9. The summed E-state index contributed by atoms with van der Waals surface area (Å²) in [5, 5.41) is 10.0. The van der Waals surface area contributed by atoms with Crippen LogP contribution in [0.25, 0.3) is 11.8 Å². The molecule has 2 rings (SSSR count). The Hall–Kier alpha value is -2.75. The molecule has 6 nitrogen and oxygen atoms in total. The first-order valence-corrected chi connectivity index (χ1v) is 8.22. The molecule has 0 aliphatic carbocycles. The smallest absolute Gasteiger partial charge is 0.349 e. The van der Waals surface area contributed by atoms with Gasteiger partial charge in [-0.3, -0.25) is 4.79 Å². The predicted octanol–water partition coefficient (Wildman–Crippen LogP) is 3.34. The van der Waals surface area contributed by atoms with Crippen LogP contribution in [0.2, 0.25) is 10.0 Å². The number of amides is 1. The number of nitrogens with two attached hydrogens (primary N) is 1. The highest BCUT2D eigenvalue weighted by Gasteiger charge is 2.17. The molecule has 0 atom stereocenters. The molecule has 2 aromatic rings. The lowest BCUT2D eigenvalue weighted by Gasteiger charge is -2.12. The average Bonchev–Trinajstić information content (AvgIpc) is 2.86. The summed E-state index contributed by atoms with van der Waals surface area (Å²) >= 11 is 12.4. The Bertz CT molecular complexity index is 955. The molecule has 0 fully saturated rings. The van der Waals surface area contributed by atoms with Crippen molar-refractivity contribution in [2.24, 2.45) is 5.73 Å². The number of primary amides is 1. The molecular weight excluding hydrogens is 377 g/mol. The molecule has 1 amide bonds. The molecule has 26 heavy (non-hydrogen) atoms. The van der Waals surface area contributed by atoms with Crippen LogP contribution in [0.4, 0.5) is 0 Å². The van der Waals surface area contributed by atoms with Crippen LogP contribution in [0.1, 0.15) is 17.0 Å². The number of rotatable bonds is 5. The molecule has 2 N–H and O–H groups in total. The third kappa shape index (κ3) is 4.07. The molecule has 0 saturated carbocycles. The average molecular weight is 392 g/mol. The quantitative estimate of drug-likeness (QED) is 0.479. The van der Waals surface area contributed by atoms with Crippen molar-refractivity contribution in [1.29, 1.82) is 5.26 Å². The minimum absolute atomic E-state index is 0.247. The first kappa shape index (κ1) is 19.6. The summed E-state index contributed by atoms with van der Waals surface area (Å²) in [5.41, 5.74) is 7.58. The van der Waals surface area contributed by atoms with Gasteiger partial charge in [-0.1, -0.05) is 29.3 Å². The standard InChI is InChI=1S/C18H15Cl2N3O3/c1-10-6-12(7-13(8-21)18(25)26-9-16(22)24)11(2)23(10)15-5-3-4-14(19)17(15)20/h3-7H,9H2,1-2H3,(H2,22,24)/b13-7+. The number of carbonyl (C=O) groups excluding carboxylic acids is 2. The molecule has 0 unspecified atom stereocenters. The number of hydrogen-bond donors (Lipinski definition) is 1. The minimum atomic E-state index is -0.920. The SMILES string of the molecule is Cc1cc(/C=C(\C#N)C(=O)OCC(N)=O)c(C)n1-c1cccc(Cl)c1Cl. The molecule has 0 aliphatic heterocycles. The molecule has 134 valence electrons. The largest absolute Gasteiger partial charge is 0.451 e. The molecule has 1 aromatic carbocycles. The first-order valence-electron chi connectivity index (χ1n) is 7.46.